The topological polar surface area (TPSA) is 102 Å². The highest BCUT2D eigenvalue weighted by Gasteiger charge is 2.25. The van der Waals surface area contributed by atoms with Gasteiger partial charge in [-0.1, -0.05) is 114 Å². The molecule has 0 aliphatic carbocycles. The molecule has 0 radical (unpaired) electrons. The molecule has 0 heterocycles. The van der Waals surface area contributed by atoms with Crippen LogP contribution in [0.15, 0.2) is 48.6 Å². The van der Waals surface area contributed by atoms with Gasteiger partial charge in [0.15, 0.2) is 6.10 Å². The van der Waals surface area contributed by atoms with Crippen molar-refractivity contribution in [1.82, 2.24) is 0 Å². The summed E-state index contributed by atoms with van der Waals surface area (Å²) in [5, 5.41) is 11.5. The lowest BCUT2D eigenvalue weighted by Crippen LogP contribution is -2.55. The predicted molar refractivity (Wildman–Crippen MR) is 189 cm³/mol. The molecule has 0 rings (SSSR count). The Hall–Kier alpha value is -2.71. The molecular weight excluding hydrogens is 594 g/mol. The maximum atomic E-state index is 12.5. The van der Waals surface area contributed by atoms with Crippen molar-refractivity contribution in [3.63, 3.8) is 0 Å². The quantitative estimate of drug-likeness (QED) is 0.0248. The monoisotopic (exact) mass is 661 g/mol. The first kappa shape index (κ1) is 44.3. The van der Waals surface area contributed by atoms with Gasteiger partial charge >= 0.3 is 11.9 Å². The van der Waals surface area contributed by atoms with Gasteiger partial charge in [0.1, 0.15) is 12.6 Å². The summed E-state index contributed by atoms with van der Waals surface area (Å²) in [6, 6.07) is -0.731. The van der Waals surface area contributed by atoms with Gasteiger partial charge in [-0.3, -0.25) is 9.59 Å². The normalized spacial score (nSPS) is 13.6. The highest BCUT2D eigenvalue weighted by atomic mass is 16.6. The summed E-state index contributed by atoms with van der Waals surface area (Å²) in [5.41, 5.74) is 0. The average Bonchev–Trinajstić information content (AvgIpc) is 3.01. The Labute approximate surface area is 286 Å². The number of ether oxygens (including phenoxy) is 3. The van der Waals surface area contributed by atoms with Crippen LogP contribution in [0.25, 0.3) is 0 Å². The van der Waals surface area contributed by atoms with Crippen LogP contribution in [0.2, 0.25) is 0 Å². The number of carboxylic acid groups (broad SMARTS) is 1. The van der Waals surface area contributed by atoms with Gasteiger partial charge in [-0.25, -0.2) is 0 Å². The zero-order valence-corrected chi connectivity index (χ0v) is 30.4. The van der Waals surface area contributed by atoms with E-state index in [9.17, 15) is 19.5 Å². The molecule has 0 amide bonds. The zero-order chi connectivity index (χ0) is 35.0. The van der Waals surface area contributed by atoms with Gasteiger partial charge in [-0.05, 0) is 44.9 Å². The smallest absolute Gasteiger partial charge is 0.306 e. The van der Waals surface area contributed by atoms with E-state index in [0.29, 0.717) is 12.8 Å². The van der Waals surface area contributed by atoms with E-state index in [1.807, 2.05) is 6.08 Å². The van der Waals surface area contributed by atoms with Crippen molar-refractivity contribution in [1.29, 1.82) is 0 Å². The number of allylic oxidation sites excluding steroid dienone is 8. The molecule has 0 aromatic carbocycles. The van der Waals surface area contributed by atoms with E-state index in [4.69, 9.17) is 14.2 Å². The molecule has 270 valence electrons. The third-order valence-electron chi connectivity index (χ3n) is 7.77. The third-order valence-corrected chi connectivity index (χ3v) is 7.77. The lowest BCUT2D eigenvalue weighted by molar-refractivity contribution is -0.889. The average molecular weight is 662 g/mol. The van der Waals surface area contributed by atoms with Crippen LogP contribution in [0.1, 0.15) is 129 Å². The molecule has 0 fully saturated rings. The minimum Gasteiger partial charge on any atom is -0.544 e. The molecule has 0 bridgehead atoms. The number of aliphatic carboxylic acids is 1. The SMILES string of the molecule is CC/C=C/C=C/C=C/CCCCCCCCCC(=O)OCC(COCCC(C(=O)[O-])[N+](C)(C)C)OC(=O)CC/C=C/CCCCCC. The number of likely N-dealkylation sites (N-methyl/N-ethyl adjacent to an activating group) is 1. The highest BCUT2D eigenvalue weighted by Crippen LogP contribution is 2.12. The first-order valence-corrected chi connectivity index (χ1v) is 18.2. The summed E-state index contributed by atoms with van der Waals surface area (Å²) < 4.78 is 16.9. The van der Waals surface area contributed by atoms with Crippen LogP contribution in [0, 0.1) is 0 Å². The Morgan fingerprint density at radius 2 is 1.26 bits per heavy atom. The Morgan fingerprint density at radius 3 is 1.89 bits per heavy atom. The number of carbonyl (C=O) groups excluding carboxylic acids is 3. The molecule has 0 saturated carbocycles. The molecule has 0 saturated heterocycles. The molecule has 0 aliphatic rings. The van der Waals surface area contributed by atoms with Gasteiger partial charge in [-0.15, -0.1) is 0 Å². The number of rotatable bonds is 31. The molecule has 8 nitrogen and oxygen atoms in total. The van der Waals surface area contributed by atoms with Crippen molar-refractivity contribution in [3.05, 3.63) is 48.6 Å². The fourth-order valence-corrected chi connectivity index (χ4v) is 4.91. The molecule has 2 atom stereocenters. The number of carbonyl (C=O) groups is 3. The summed E-state index contributed by atoms with van der Waals surface area (Å²) in [7, 11) is 5.37. The first-order chi connectivity index (χ1) is 22.6. The van der Waals surface area contributed by atoms with Gasteiger partial charge in [0.2, 0.25) is 0 Å². The van der Waals surface area contributed by atoms with Crippen molar-refractivity contribution < 1.29 is 38.2 Å². The number of unbranched alkanes of at least 4 members (excludes halogenated alkanes) is 11. The van der Waals surface area contributed by atoms with Crippen molar-refractivity contribution in [2.75, 3.05) is 41.0 Å². The van der Waals surface area contributed by atoms with Crippen molar-refractivity contribution >= 4 is 17.9 Å². The third kappa shape index (κ3) is 29.2. The van der Waals surface area contributed by atoms with E-state index in [2.05, 4.69) is 56.4 Å². The van der Waals surface area contributed by atoms with E-state index in [1.165, 1.54) is 38.5 Å². The van der Waals surface area contributed by atoms with Crippen LogP contribution >= 0.6 is 0 Å². The van der Waals surface area contributed by atoms with Gasteiger partial charge in [0.25, 0.3) is 0 Å². The molecule has 2 unspecified atom stereocenters. The number of quaternary nitrogens is 1. The van der Waals surface area contributed by atoms with Crippen molar-refractivity contribution in [2.24, 2.45) is 0 Å². The van der Waals surface area contributed by atoms with Gasteiger partial charge in [0.05, 0.1) is 40.3 Å². The molecule has 0 aromatic heterocycles. The predicted octanol–water partition coefficient (Wildman–Crippen LogP) is 7.57. The summed E-state index contributed by atoms with van der Waals surface area (Å²) in [6.45, 7) is 4.40. The summed E-state index contributed by atoms with van der Waals surface area (Å²) in [4.78, 5) is 36.5. The van der Waals surface area contributed by atoms with Gasteiger partial charge < -0.3 is 28.6 Å². The fraction of sp³-hybridized carbons (Fsp3) is 0.718. The van der Waals surface area contributed by atoms with Crippen LogP contribution in [0.4, 0.5) is 0 Å². The number of esters is 2. The van der Waals surface area contributed by atoms with E-state index >= 15 is 0 Å². The van der Waals surface area contributed by atoms with Crippen LogP contribution in [-0.4, -0.2) is 75.5 Å². The molecule has 0 spiro atoms. The lowest BCUT2D eigenvalue weighted by Gasteiger charge is -2.34. The van der Waals surface area contributed by atoms with Gasteiger partial charge in [0, 0.05) is 19.3 Å². The maximum Gasteiger partial charge on any atom is 0.306 e. The minimum absolute atomic E-state index is 0.0198. The molecule has 8 heteroatoms. The summed E-state index contributed by atoms with van der Waals surface area (Å²) in [6.07, 6.45) is 33.0. The van der Waals surface area contributed by atoms with Crippen molar-refractivity contribution in [3.8, 4) is 0 Å². The second-order valence-electron chi connectivity index (χ2n) is 13.1. The van der Waals surface area contributed by atoms with Gasteiger partial charge in [-0.2, -0.15) is 0 Å². The Balaban J connectivity index is 4.44. The molecular formula is C39H67NO7. The first-order valence-electron chi connectivity index (χ1n) is 18.2. The summed E-state index contributed by atoms with van der Waals surface area (Å²) in [5.74, 6) is -1.83. The molecule has 0 aliphatic heterocycles. The van der Waals surface area contributed by atoms with Crippen LogP contribution in [-0.2, 0) is 28.6 Å². The van der Waals surface area contributed by atoms with Crippen molar-refractivity contribution in [2.45, 2.75) is 142 Å². The van der Waals surface area contributed by atoms with E-state index in [0.717, 1.165) is 51.4 Å². The van der Waals surface area contributed by atoms with E-state index in [1.54, 1.807) is 21.1 Å². The van der Waals surface area contributed by atoms with Crippen LogP contribution in [0.3, 0.4) is 0 Å². The molecule has 47 heavy (non-hydrogen) atoms. The Kier molecular flexibility index (Phi) is 28.8. The van der Waals surface area contributed by atoms with Crippen LogP contribution in [0.5, 0.6) is 0 Å². The number of carboxylic acids is 1. The second-order valence-corrected chi connectivity index (χ2v) is 13.1. The zero-order valence-electron chi connectivity index (χ0n) is 30.4. The Bertz CT molecular complexity index is 917. The highest BCUT2D eigenvalue weighted by molar-refractivity contribution is 5.70. The standard InChI is InChI=1S/C39H67NO7/c1-6-8-10-12-14-16-17-18-19-20-21-22-24-25-27-29-37(41)46-34-35(33-45-32-31-36(39(43)44)40(3,4)5)47-38(42)30-28-26-23-15-13-11-9-7-2/h8,10,12,14,16-17,23,26,35-36H,6-7,9,11,13,15,18-22,24-25,27-34H2,1-5H3/b10-8+,14-12+,17-16+,26-23+. The summed E-state index contributed by atoms with van der Waals surface area (Å²) >= 11 is 0. The minimum atomic E-state index is -1.14. The van der Waals surface area contributed by atoms with E-state index in [-0.39, 0.29) is 49.1 Å². The second kappa shape index (κ2) is 30.6. The fourth-order valence-electron chi connectivity index (χ4n) is 4.91. The number of nitrogens with zero attached hydrogens (tertiary/aromatic N) is 1. The number of hydrogen-bond acceptors (Lipinski definition) is 7. The number of hydrogen-bond donors (Lipinski definition) is 0. The van der Waals surface area contributed by atoms with Crippen LogP contribution < -0.4 is 5.11 Å². The molecule has 0 N–H and O–H groups in total. The van der Waals surface area contributed by atoms with E-state index < -0.39 is 18.1 Å². The largest absolute Gasteiger partial charge is 0.544 e. The molecule has 0 aromatic rings. The Morgan fingerprint density at radius 1 is 0.660 bits per heavy atom. The maximum absolute atomic E-state index is 12.5. The lowest BCUT2D eigenvalue weighted by atomic mass is 10.1.